The average Bonchev–Trinajstić information content (AvgIpc) is 2.63. The number of hydrogen-bond donors (Lipinski definition) is 1. The quantitative estimate of drug-likeness (QED) is 0.753. The molecule has 0 aliphatic carbocycles. The first kappa shape index (κ1) is 20.4. The molecule has 4 nitrogen and oxygen atoms in total. The van der Waals surface area contributed by atoms with E-state index in [2.05, 4.69) is 22.1 Å². The number of amides is 1. The Balaban J connectivity index is 1.82. The van der Waals surface area contributed by atoms with Crippen LogP contribution >= 0.6 is 0 Å². The summed E-state index contributed by atoms with van der Waals surface area (Å²) in [5.74, 6) is 0.877. The molecule has 1 aliphatic heterocycles. The summed E-state index contributed by atoms with van der Waals surface area (Å²) in [6.45, 7) is 5.97. The molecule has 2 aromatic rings. The molecule has 1 N–H and O–H groups in total. The summed E-state index contributed by atoms with van der Waals surface area (Å²) in [4.78, 5) is 17.2. The lowest BCUT2D eigenvalue weighted by Crippen LogP contribution is -2.40. The first-order valence-electron chi connectivity index (χ1n) is 9.70. The number of anilines is 1. The van der Waals surface area contributed by atoms with Crippen LogP contribution in [0.2, 0.25) is 0 Å². The molecule has 1 aliphatic rings. The zero-order valence-corrected chi connectivity index (χ0v) is 16.2. The number of benzene rings is 1. The van der Waals surface area contributed by atoms with Crippen molar-refractivity contribution in [3.63, 3.8) is 0 Å². The number of pyridine rings is 1. The minimum atomic E-state index is -4.42. The molecule has 3 rings (SSSR count). The first-order valence-corrected chi connectivity index (χ1v) is 9.70. The normalized spacial score (nSPS) is 20.4. The maximum absolute atomic E-state index is 13.4. The molecular weight excluding hydrogens is 367 g/mol. The van der Waals surface area contributed by atoms with E-state index in [-0.39, 0.29) is 11.4 Å². The van der Waals surface area contributed by atoms with Gasteiger partial charge in [0.05, 0.1) is 11.1 Å². The number of rotatable bonds is 5. The second-order valence-electron chi connectivity index (χ2n) is 7.77. The fourth-order valence-electron chi connectivity index (χ4n) is 4.20. The van der Waals surface area contributed by atoms with Crippen molar-refractivity contribution < 1.29 is 18.0 Å². The minimum absolute atomic E-state index is 0.00735. The molecule has 0 bridgehead atoms. The Morgan fingerprint density at radius 2 is 2.07 bits per heavy atom. The molecule has 7 heteroatoms. The predicted molar refractivity (Wildman–Crippen MR) is 104 cm³/mol. The van der Waals surface area contributed by atoms with Gasteiger partial charge >= 0.3 is 6.18 Å². The van der Waals surface area contributed by atoms with E-state index in [9.17, 15) is 18.0 Å². The van der Waals surface area contributed by atoms with Gasteiger partial charge in [0.2, 0.25) is 5.91 Å². The number of fused-ring (bicyclic) bond motifs is 1. The molecule has 2 atom stereocenters. The van der Waals surface area contributed by atoms with Crippen LogP contribution in [-0.4, -0.2) is 30.5 Å². The van der Waals surface area contributed by atoms with Gasteiger partial charge in [-0.3, -0.25) is 9.78 Å². The number of nitrogens with one attached hydrogen (secondary N) is 1. The number of carbonyl (C=O) groups excluding carboxylic acids is 1. The fraction of sp³-hybridized carbons (Fsp3) is 0.524. The highest BCUT2D eigenvalue weighted by molar-refractivity contribution is 5.94. The van der Waals surface area contributed by atoms with Gasteiger partial charge < -0.3 is 10.2 Å². The van der Waals surface area contributed by atoms with E-state index in [0.717, 1.165) is 44.1 Å². The number of nitrogens with zero attached hydrogens (tertiary/aromatic N) is 2. The van der Waals surface area contributed by atoms with Gasteiger partial charge in [0.25, 0.3) is 0 Å². The van der Waals surface area contributed by atoms with Crippen molar-refractivity contribution >= 4 is 22.5 Å². The summed E-state index contributed by atoms with van der Waals surface area (Å²) in [5.41, 5.74) is 0.131. The Morgan fingerprint density at radius 1 is 1.29 bits per heavy atom. The van der Waals surface area contributed by atoms with E-state index in [1.807, 2.05) is 0 Å². The van der Waals surface area contributed by atoms with Crippen molar-refractivity contribution in [3.05, 3.63) is 36.0 Å². The van der Waals surface area contributed by atoms with Crippen LogP contribution in [0, 0.1) is 11.8 Å². The first-order chi connectivity index (χ1) is 13.3. The van der Waals surface area contributed by atoms with Gasteiger partial charge in [0, 0.05) is 43.8 Å². The Hall–Kier alpha value is -2.31. The number of piperidine rings is 1. The van der Waals surface area contributed by atoms with Crippen LogP contribution in [0.1, 0.15) is 38.7 Å². The smallest absolute Gasteiger partial charge is 0.370 e. The monoisotopic (exact) mass is 393 g/mol. The predicted octanol–water partition coefficient (Wildman–Crippen LogP) is 4.63. The van der Waals surface area contributed by atoms with Crippen LogP contribution in [0.4, 0.5) is 18.9 Å². The second kappa shape index (κ2) is 8.37. The van der Waals surface area contributed by atoms with Crippen LogP contribution in [0.25, 0.3) is 10.9 Å². The van der Waals surface area contributed by atoms with Gasteiger partial charge in [0.1, 0.15) is 0 Å². The lowest BCUT2D eigenvalue weighted by atomic mass is 9.86. The summed E-state index contributed by atoms with van der Waals surface area (Å²) >= 11 is 0. The van der Waals surface area contributed by atoms with E-state index in [4.69, 9.17) is 0 Å². The van der Waals surface area contributed by atoms with Gasteiger partial charge in [-0.1, -0.05) is 6.92 Å². The highest BCUT2D eigenvalue weighted by Gasteiger charge is 2.34. The standard InChI is InChI=1S/C21H26F3N3O/c1-14-11-16(5-3-9-25-15(2)28)13-27(12-14)19-8-7-18(21(22,23)24)20-17(19)6-4-10-26-20/h4,6-8,10,14,16H,3,5,9,11-13H2,1-2H3,(H,25,28)/t14-,16+/m0/s1. The molecule has 152 valence electrons. The number of aromatic nitrogens is 1. The highest BCUT2D eigenvalue weighted by atomic mass is 19.4. The third-order valence-corrected chi connectivity index (χ3v) is 5.30. The van der Waals surface area contributed by atoms with Gasteiger partial charge in [0.15, 0.2) is 0 Å². The van der Waals surface area contributed by atoms with E-state index in [1.165, 1.54) is 13.1 Å². The van der Waals surface area contributed by atoms with Crippen molar-refractivity contribution in [1.82, 2.24) is 10.3 Å². The molecule has 0 saturated carbocycles. The maximum atomic E-state index is 13.4. The van der Waals surface area contributed by atoms with Crippen molar-refractivity contribution in [1.29, 1.82) is 0 Å². The minimum Gasteiger partial charge on any atom is -0.370 e. The van der Waals surface area contributed by atoms with Gasteiger partial charge in [-0.05, 0) is 55.4 Å². The summed E-state index contributed by atoms with van der Waals surface area (Å²) in [6.07, 6.45) is -0.0387. The van der Waals surface area contributed by atoms with Crippen LogP contribution in [0.5, 0.6) is 0 Å². The Bertz CT molecular complexity index is 837. The van der Waals surface area contributed by atoms with Crippen LogP contribution < -0.4 is 10.2 Å². The topological polar surface area (TPSA) is 45.2 Å². The number of hydrogen-bond acceptors (Lipinski definition) is 3. The van der Waals surface area contributed by atoms with Crippen molar-refractivity contribution in [2.75, 3.05) is 24.5 Å². The summed E-state index contributed by atoms with van der Waals surface area (Å²) in [5, 5.41) is 3.36. The third-order valence-electron chi connectivity index (χ3n) is 5.30. The highest BCUT2D eigenvalue weighted by Crippen LogP contribution is 2.39. The van der Waals surface area contributed by atoms with Gasteiger partial charge in [-0.2, -0.15) is 13.2 Å². The molecule has 2 heterocycles. The number of carbonyl (C=O) groups is 1. The summed E-state index contributed by atoms with van der Waals surface area (Å²) in [6, 6.07) is 6.14. The number of alkyl halides is 3. The molecule has 1 saturated heterocycles. The molecule has 28 heavy (non-hydrogen) atoms. The lowest BCUT2D eigenvalue weighted by Gasteiger charge is -2.38. The van der Waals surface area contributed by atoms with E-state index in [0.29, 0.717) is 23.8 Å². The largest absolute Gasteiger partial charge is 0.418 e. The van der Waals surface area contributed by atoms with Crippen molar-refractivity contribution in [2.24, 2.45) is 11.8 Å². The Morgan fingerprint density at radius 3 is 2.79 bits per heavy atom. The Kier molecular flexibility index (Phi) is 6.10. The van der Waals surface area contributed by atoms with Crippen LogP contribution in [0.15, 0.2) is 30.5 Å². The maximum Gasteiger partial charge on any atom is 0.418 e. The average molecular weight is 393 g/mol. The van der Waals surface area contributed by atoms with E-state index < -0.39 is 11.7 Å². The molecule has 0 spiro atoms. The molecular formula is C21H26F3N3O. The van der Waals surface area contributed by atoms with Crippen LogP contribution in [0.3, 0.4) is 0 Å². The molecule has 1 fully saturated rings. The molecule has 0 radical (unpaired) electrons. The van der Waals surface area contributed by atoms with Gasteiger partial charge in [-0.15, -0.1) is 0 Å². The lowest BCUT2D eigenvalue weighted by molar-refractivity contribution is -0.136. The second-order valence-corrected chi connectivity index (χ2v) is 7.77. The van der Waals surface area contributed by atoms with Crippen molar-refractivity contribution in [3.8, 4) is 0 Å². The molecule has 1 amide bonds. The summed E-state index contributed by atoms with van der Waals surface area (Å²) in [7, 11) is 0. The van der Waals surface area contributed by atoms with E-state index in [1.54, 1.807) is 18.2 Å². The number of halogens is 3. The molecule has 0 unspecified atom stereocenters. The Labute approximate surface area is 163 Å². The fourth-order valence-corrected chi connectivity index (χ4v) is 4.20. The van der Waals surface area contributed by atoms with Crippen LogP contribution in [-0.2, 0) is 11.0 Å². The molecule has 1 aromatic carbocycles. The van der Waals surface area contributed by atoms with E-state index >= 15 is 0 Å². The third kappa shape index (κ3) is 4.75. The molecule has 1 aromatic heterocycles. The zero-order chi connectivity index (χ0) is 20.3. The van der Waals surface area contributed by atoms with Crippen molar-refractivity contribution in [2.45, 2.75) is 39.3 Å². The van der Waals surface area contributed by atoms with Gasteiger partial charge in [-0.25, -0.2) is 0 Å². The zero-order valence-electron chi connectivity index (χ0n) is 16.2. The summed E-state index contributed by atoms with van der Waals surface area (Å²) < 4.78 is 40.1. The SMILES string of the molecule is CC(=O)NCCC[C@@H]1C[C@H](C)CN(c2ccc(C(F)(F)F)c3ncccc23)C1.